The predicted octanol–water partition coefficient (Wildman–Crippen LogP) is 2.10. The minimum atomic E-state index is 0.751. The third-order valence-electron chi connectivity index (χ3n) is 0.819. The highest BCUT2D eigenvalue weighted by Gasteiger charge is 1.81. The lowest BCUT2D eigenvalue weighted by atomic mass is 10.5. The van der Waals surface area contributed by atoms with E-state index in [2.05, 4.69) is 32.6 Å². The van der Waals surface area contributed by atoms with Gasteiger partial charge >= 0.3 is 0 Å². The van der Waals surface area contributed by atoms with Gasteiger partial charge in [0.2, 0.25) is 0 Å². The van der Waals surface area contributed by atoms with E-state index in [1.54, 1.807) is 13.3 Å². The van der Waals surface area contributed by atoms with Crippen LogP contribution in [0.15, 0.2) is 22.1 Å². The van der Waals surface area contributed by atoms with Gasteiger partial charge in [0.1, 0.15) is 3.72 Å². The molecule has 56 valence electrons. The van der Waals surface area contributed by atoms with Crippen molar-refractivity contribution >= 4 is 32.5 Å². The summed E-state index contributed by atoms with van der Waals surface area (Å²) in [7, 11) is 1.74. The zero-order valence-electron chi connectivity index (χ0n) is 6.21. The first-order chi connectivity index (χ1) is 4.81. The highest BCUT2D eigenvalue weighted by atomic mass is 127. The Morgan fingerprint density at radius 1 is 1.60 bits per heavy atom. The molecule has 2 nitrogen and oxygen atoms in total. The van der Waals surface area contributed by atoms with Gasteiger partial charge in [0.25, 0.3) is 0 Å². The molecular weight excluding hydrogens is 239 g/mol. The summed E-state index contributed by atoms with van der Waals surface area (Å²) in [4.78, 5) is 8.00. The van der Waals surface area contributed by atoms with Gasteiger partial charge in [-0.1, -0.05) is 12.2 Å². The first kappa shape index (κ1) is 9.81. The highest BCUT2D eigenvalue weighted by molar-refractivity contribution is 14.1. The van der Waals surface area contributed by atoms with E-state index in [-0.39, 0.29) is 0 Å². The Bertz CT molecular complexity index is 159. The van der Waals surface area contributed by atoms with Crippen molar-refractivity contribution in [3.05, 3.63) is 12.2 Å². The number of halogens is 1. The van der Waals surface area contributed by atoms with Crippen LogP contribution in [-0.2, 0) is 0 Å². The van der Waals surface area contributed by atoms with Gasteiger partial charge in [-0.2, -0.15) is 0 Å². The van der Waals surface area contributed by atoms with E-state index in [9.17, 15) is 0 Å². The average Bonchev–Trinajstić information content (AvgIpc) is 1.89. The van der Waals surface area contributed by atoms with Gasteiger partial charge in [0.15, 0.2) is 0 Å². The van der Waals surface area contributed by atoms with Gasteiger partial charge in [-0.05, 0) is 29.5 Å². The molecule has 0 aromatic carbocycles. The largest absolute Gasteiger partial charge is 0.294 e. The molecule has 0 amide bonds. The molecule has 0 unspecified atom stereocenters. The van der Waals surface area contributed by atoms with Gasteiger partial charge < -0.3 is 0 Å². The van der Waals surface area contributed by atoms with Crippen LogP contribution in [0.2, 0.25) is 0 Å². The van der Waals surface area contributed by atoms with E-state index in [0.29, 0.717) is 0 Å². The Hall–Kier alpha value is -0.190. The Morgan fingerprint density at radius 3 is 2.80 bits per heavy atom. The zero-order valence-corrected chi connectivity index (χ0v) is 8.37. The summed E-state index contributed by atoms with van der Waals surface area (Å²) in [5, 5.41) is 0. The van der Waals surface area contributed by atoms with Crippen LogP contribution < -0.4 is 0 Å². The number of hydrogen-bond acceptors (Lipinski definition) is 2. The summed E-state index contributed by atoms with van der Waals surface area (Å²) < 4.78 is 0.943. The molecule has 0 saturated carbocycles. The molecule has 0 atom stereocenters. The van der Waals surface area contributed by atoms with Crippen LogP contribution in [0, 0.1) is 0 Å². The van der Waals surface area contributed by atoms with Gasteiger partial charge in [-0.15, -0.1) is 0 Å². The van der Waals surface area contributed by atoms with Crippen LogP contribution in [0.25, 0.3) is 0 Å². The number of hydrogen-bond donors (Lipinski definition) is 0. The highest BCUT2D eigenvalue weighted by Crippen LogP contribution is 1.87. The molecule has 0 aliphatic carbocycles. The molecule has 0 radical (unpaired) electrons. The Labute approximate surface area is 75.3 Å². The molecule has 3 heteroatoms. The van der Waals surface area contributed by atoms with Crippen LogP contribution >= 0.6 is 22.6 Å². The number of nitrogens with zero attached hydrogens (tertiary/aromatic N) is 2. The van der Waals surface area contributed by atoms with Crippen molar-refractivity contribution in [2.45, 2.75) is 6.92 Å². The van der Waals surface area contributed by atoms with Crippen LogP contribution in [0.5, 0.6) is 0 Å². The number of allylic oxidation sites excluding steroid dienone is 1. The van der Waals surface area contributed by atoms with Gasteiger partial charge in [0.05, 0.1) is 12.8 Å². The van der Waals surface area contributed by atoms with E-state index in [1.807, 2.05) is 19.1 Å². The Kier molecular flexibility index (Phi) is 6.79. The molecule has 0 heterocycles. The maximum Gasteiger partial charge on any atom is 0.113 e. The molecule has 0 spiro atoms. The summed E-state index contributed by atoms with van der Waals surface area (Å²) in [5.74, 6) is 0. The molecule has 0 fully saturated rings. The van der Waals surface area contributed by atoms with Crippen LogP contribution in [0.4, 0.5) is 0 Å². The molecule has 0 N–H and O–H groups in total. The third kappa shape index (κ3) is 5.94. The fourth-order valence-corrected chi connectivity index (χ4v) is 0.868. The molecule has 0 aliphatic heterocycles. The first-order valence-electron chi connectivity index (χ1n) is 3.04. The second kappa shape index (κ2) is 6.92. The van der Waals surface area contributed by atoms with Crippen molar-refractivity contribution in [3.63, 3.8) is 0 Å². The second-order valence-corrected chi connectivity index (χ2v) is 2.72. The smallest absolute Gasteiger partial charge is 0.113 e. The standard InChI is InChI=1S/C7H11IN2/c1-3-4-5-10-7(8)6-9-2/h3-4,6H,5H2,1-2H3/b4-3-,9-6-,10-7-. The minimum absolute atomic E-state index is 0.751. The van der Waals surface area contributed by atoms with Crippen molar-refractivity contribution in [1.29, 1.82) is 0 Å². The third-order valence-corrected chi connectivity index (χ3v) is 1.44. The van der Waals surface area contributed by atoms with Gasteiger partial charge in [0, 0.05) is 7.05 Å². The molecule has 0 aromatic heterocycles. The van der Waals surface area contributed by atoms with Crippen LogP contribution in [-0.4, -0.2) is 23.5 Å². The van der Waals surface area contributed by atoms with Crippen LogP contribution in [0.3, 0.4) is 0 Å². The fourth-order valence-electron chi connectivity index (χ4n) is 0.393. The Balaban J connectivity index is 3.68. The summed E-state index contributed by atoms with van der Waals surface area (Å²) >= 11 is 2.15. The number of rotatable bonds is 3. The fraction of sp³-hybridized carbons (Fsp3) is 0.429. The molecule has 0 aliphatic rings. The maximum atomic E-state index is 4.17. The van der Waals surface area contributed by atoms with Crippen molar-refractivity contribution in [3.8, 4) is 0 Å². The molecule has 10 heavy (non-hydrogen) atoms. The van der Waals surface area contributed by atoms with Gasteiger partial charge in [-0.3, -0.25) is 9.98 Å². The van der Waals surface area contributed by atoms with Crippen LogP contribution in [0.1, 0.15) is 6.92 Å². The molecule has 0 rings (SSSR count). The van der Waals surface area contributed by atoms with E-state index < -0.39 is 0 Å². The molecular formula is C7H11IN2. The van der Waals surface area contributed by atoms with Gasteiger partial charge in [-0.25, -0.2) is 0 Å². The van der Waals surface area contributed by atoms with E-state index in [1.165, 1.54) is 0 Å². The van der Waals surface area contributed by atoms with Crippen molar-refractivity contribution in [2.24, 2.45) is 9.98 Å². The summed E-state index contributed by atoms with van der Waals surface area (Å²) in [6, 6.07) is 0. The SMILES string of the molecule is C/C=C\C/N=C(I)/C=N\C. The number of aliphatic imine (C=N–C) groups is 2. The predicted molar refractivity (Wildman–Crippen MR) is 55.6 cm³/mol. The lowest BCUT2D eigenvalue weighted by Crippen LogP contribution is -1.87. The topological polar surface area (TPSA) is 24.7 Å². The first-order valence-corrected chi connectivity index (χ1v) is 4.12. The van der Waals surface area contributed by atoms with E-state index in [0.717, 1.165) is 10.3 Å². The summed E-state index contributed by atoms with van der Waals surface area (Å²) in [5.41, 5.74) is 0. The summed E-state index contributed by atoms with van der Waals surface area (Å²) in [6.07, 6.45) is 5.72. The van der Waals surface area contributed by atoms with E-state index in [4.69, 9.17) is 0 Å². The second-order valence-electron chi connectivity index (χ2n) is 1.62. The maximum absolute atomic E-state index is 4.17. The van der Waals surface area contributed by atoms with E-state index >= 15 is 0 Å². The molecule has 0 aromatic rings. The van der Waals surface area contributed by atoms with Crippen molar-refractivity contribution < 1.29 is 0 Å². The Morgan fingerprint density at radius 2 is 2.30 bits per heavy atom. The monoisotopic (exact) mass is 250 g/mol. The van der Waals surface area contributed by atoms with Crippen molar-refractivity contribution in [1.82, 2.24) is 0 Å². The normalized spacial score (nSPS) is 13.7. The summed E-state index contributed by atoms with van der Waals surface area (Å²) in [6.45, 7) is 2.73. The lowest BCUT2D eigenvalue weighted by Gasteiger charge is -1.84. The zero-order chi connectivity index (χ0) is 7.82. The quantitative estimate of drug-likeness (QED) is 0.416. The van der Waals surface area contributed by atoms with Crippen molar-refractivity contribution in [2.75, 3.05) is 13.6 Å². The molecule has 0 bridgehead atoms. The lowest BCUT2D eigenvalue weighted by molar-refractivity contribution is 1.25. The average molecular weight is 250 g/mol. The minimum Gasteiger partial charge on any atom is -0.294 e. The molecule has 0 saturated heterocycles.